The van der Waals surface area contributed by atoms with Crippen LogP contribution in [0.25, 0.3) is 16.7 Å². The number of unbranched alkanes of at least 4 members (excludes halogenated alkanes) is 1. The molecule has 4 rings (SSSR count). The number of aryl methyl sites for hydroxylation is 1. The summed E-state index contributed by atoms with van der Waals surface area (Å²) in [6.45, 7) is 4.80. The Morgan fingerprint density at radius 3 is 2.03 bits per heavy atom. The van der Waals surface area contributed by atoms with E-state index in [4.69, 9.17) is 9.47 Å². The van der Waals surface area contributed by atoms with Gasteiger partial charge in [0, 0.05) is 13.0 Å². The van der Waals surface area contributed by atoms with E-state index in [1.165, 1.54) is 27.8 Å². The summed E-state index contributed by atoms with van der Waals surface area (Å²) in [7, 11) is 0. The summed E-state index contributed by atoms with van der Waals surface area (Å²) in [5.41, 5.74) is 7.20. The van der Waals surface area contributed by atoms with Gasteiger partial charge in [0.1, 0.15) is 18.5 Å². The minimum atomic E-state index is -0.410. The van der Waals surface area contributed by atoms with E-state index in [9.17, 15) is 4.79 Å². The van der Waals surface area contributed by atoms with Crippen LogP contribution >= 0.6 is 0 Å². The highest BCUT2D eigenvalue weighted by molar-refractivity contribution is 5.80. The Morgan fingerprint density at radius 1 is 0.718 bits per heavy atom. The number of rotatable bonds is 14. The third-order valence-corrected chi connectivity index (χ3v) is 6.91. The monoisotopic (exact) mass is 518 g/mol. The highest BCUT2D eigenvalue weighted by Crippen LogP contribution is 2.22. The highest BCUT2D eigenvalue weighted by atomic mass is 16.5. The molecular weight excluding hydrogens is 480 g/mol. The van der Waals surface area contributed by atoms with Crippen molar-refractivity contribution < 1.29 is 14.3 Å². The molecule has 0 aliphatic carbocycles. The molecule has 0 amide bonds. The van der Waals surface area contributed by atoms with E-state index in [0.717, 1.165) is 30.6 Å². The first-order valence-electron chi connectivity index (χ1n) is 13.8. The van der Waals surface area contributed by atoms with Crippen molar-refractivity contribution in [1.82, 2.24) is 0 Å². The standard InChI is InChI=1S/C36H38O3/c1-28(32-18-20-34(21-19-32)33-14-7-4-8-15-33)24-26-38-35-22-16-31(17-23-35)27-36(29(2)37)39-25-10-9-13-30-11-5-3-6-12-30/h3-8,11-12,14-24,36H,9-10,13,25-27H2,1-2H3/b28-24+. The molecule has 0 aliphatic rings. The van der Waals surface area contributed by atoms with Crippen LogP contribution in [0.5, 0.6) is 5.75 Å². The number of carbonyl (C=O) groups excluding carboxylic acids is 1. The second-order valence-electron chi connectivity index (χ2n) is 9.90. The van der Waals surface area contributed by atoms with Crippen molar-refractivity contribution in [3.05, 3.63) is 132 Å². The first-order valence-corrected chi connectivity index (χ1v) is 13.8. The number of hydrogen-bond donors (Lipinski definition) is 0. The Balaban J connectivity index is 1.21. The van der Waals surface area contributed by atoms with Crippen LogP contribution in [0, 0.1) is 0 Å². The van der Waals surface area contributed by atoms with Gasteiger partial charge in [-0.25, -0.2) is 0 Å². The average Bonchev–Trinajstić information content (AvgIpc) is 2.98. The van der Waals surface area contributed by atoms with E-state index >= 15 is 0 Å². The molecule has 0 aliphatic heterocycles. The van der Waals surface area contributed by atoms with Gasteiger partial charge in [-0.05, 0) is 84.7 Å². The fourth-order valence-electron chi connectivity index (χ4n) is 4.49. The van der Waals surface area contributed by atoms with E-state index in [0.29, 0.717) is 19.6 Å². The molecule has 3 nitrogen and oxygen atoms in total. The molecule has 4 aromatic carbocycles. The lowest BCUT2D eigenvalue weighted by Crippen LogP contribution is -2.25. The van der Waals surface area contributed by atoms with Crippen molar-refractivity contribution >= 4 is 11.4 Å². The van der Waals surface area contributed by atoms with Crippen molar-refractivity contribution in [3.8, 4) is 16.9 Å². The number of ether oxygens (including phenoxy) is 2. The lowest BCUT2D eigenvalue weighted by atomic mass is 10.0. The number of benzene rings is 4. The van der Waals surface area contributed by atoms with Gasteiger partial charge in [0.05, 0.1) is 0 Å². The maximum absolute atomic E-state index is 12.2. The van der Waals surface area contributed by atoms with Crippen molar-refractivity contribution in [2.75, 3.05) is 13.2 Å². The summed E-state index contributed by atoms with van der Waals surface area (Å²) in [5, 5.41) is 0. The van der Waals surface area contributed by atoms with Crippen molar-refractivity contribution in [2.24, 2.45) is 0 Å². The van der Waals surface area contributed by atoms with E-state index in [2.05, 4.69) is 85.8 Å². The second-order valence-corrected chi connectivity index (χ2v) is 9.90. The molecule has 0 heterocycles. The Morgan fingerprint density at radius 2 is 1.36 bits per heavy atom. The molecule has 1 atom stereocenters. The Bertz CT molecular complexity index is 1310. The zero-order valence-corrected chi connectivity index (χ0v) is 23.0. The third kappa shape index (κ3) is 9.08. The molecule has 0 spiro atoms. The van der Waals surface area contributed by atoms with Gasteiger partial charge in [-0.2, -0.15) is 0 Å². The summed E-state index contributed by atoms with van der Waals surface area (Å²) in [4.78, 5) is 12.2. The van der Waals surface area contributed by atoms with E-state index in [1.54, 1.807) is 6.92 Å². The lowest BCUT2D eigenvalue weighted by Gasteiger charge is -2.15. The van der Waals surface area contributed by atoms with Gasteiger partial charge < -0.3 is 9.47 Å². The van der Waals surface area contributed by atoms with Crippen LogP contribution in [0.4, 0.5) is 0 Å². The van der Waals surface area contributed by atoms with Crippen LogP contribution in [0.1, 0.15) is 43.4 Å². The summed E-state index contributed by atoms with van der Waals surface area (Å²) >= 11 is 0. The lowest BCUT2D eigenvalue weighted by molar-refractivity contribution is -0.128. The maximum Gasteiger partial charge on any atom is 0.158 e. The van der Waals surface area contributed by atoms with Crippen LogP contribution in [-0.2, 0) is 22.4 Å². The van der Waals surface area contributed by atoms with Gasteiger partial charge in [0.2, 0.25) is 0 Å². The molecule has 4 aromatic rings. The molecule has 3 heteroatoms. The molecular formula is C36H38O3. The van der Waals surface area contributed by atoms with Gasteiger partial charge in [0.25, 0.3) is 0 Å². The highest BCUT2D eigenvalue weighted by Gasteiger charge is 2.15. The second kappa shape index (κ2) is 14.8. The Hall–Kier alpha value is -3.95. The van der Waals surface area contributed by atoms with Crippen LogP contribution in [0.15, 0.2) is 115 Å². The van der Waals surface area contributed by atoms with Crippen molar-refractivity contribution in [2.45, 2.75) is 45.6 Å². The predicted octanol–water partition coefficient (Wildman–Crippen LogP) is 8.38. The molecule has 1 unspecified atom stereocenters. The molecule has 0 fully saturated rings. The van der Waals surface area contributed by atoms with E-state index < -0.39 is 6.10 Å². The topological polar surface area (TPSA) is 35.5 Å². The molecule has 0 aromatic heterocycles. The largest absolute Gasteiger partial charge is 0.490 e. The van der Waals surface area contributed by atoms with Gasteiger partial charge in [-0.3, -0.25) is 4.79 Å². The Labute approximate surface area is 233 Å². The smallest absolute Gasteiger partial charge is 0.158 e. The van der Waals surface area contributed by atoms with Gasteiger partial charge >= 0.3 is 0 Å². The van der Waals surface area contributed by atoms with Crippen LogP contribution < -0.4 is 4.74 Å². The van der Waals surface area contributed by atoms with Gasteiger partial charge in [0.15, 0.2) is 5.78 Å². The molecule has 200 valence electrons. The quantitative estimate of drug-likeness (QED) is 0.157. The van der Waals surface area contributed by atoms with Crippen molar-refractivity contribution in [1.29, 1.82) is 0 Å². The molecule has 0 saturated carbocycles. The zero-order chi connectivity index (χ0) is 27.3. The number of ketones is 1. The SMILES string of the molecule is CC(=O)C(Cc1ccc(OC/C=C(\C)c2ccc(-c3ccccc3)cc2)cc1)OCCCCc1ccccc1. The number of carbonyl (C=O) groups is 1. The summed E-state index contributed by atoms with van der Waals surface area (Å²) in [5.74, 6) is 0.874. The van der Waals surface area contributed by atoms with E-state index in [1.807, 2.05) is 36.4 Å². The van der Waals surface area contributed by atoms with Crippen LogP contribution in [0.2, 0.25) is 0 Å². The zero-order valence-electron chi connectivity index (χ0n) is 23.0. The van der Waals surface area contributed by atoms with Crippen LogP contribution in [-0.4, -0.2) is 25.1 Å². The summed E-state index contributed by atoms with van der Waals surface area (Å²) in [6.07, 6.45) is 5.29. The first kappa shape index (κ1) is 28.1. The minimum Gasteiger partial charge on any atom is -0.490 e. The van der Waals surface area contributed by atoms with Crippen LogP contribution in [0.3, 0.4) is 0 Å². The third-order valence-electron chi connectivity index (χ3n) is 6.91. The van der Waals surface area contributed by atoms with Crippen molar-refractivity contribution in [3.63, 3.8) is 0 Å². The fourth-order valence-corrected chi connectivity index (χ4v) is 4.49. The first-order chi connectivity index (χ1) is 19.1. The molecule has 0 N–H and O–H groups in total. The number of hydrogen-bond acceptors (Lipinski definition) is 3. The van der Waals surface area contributed by atoms with E-state index in [-0.39, 0.29) is 5.78 Å². The molecule has 0 radical (unpaired) electrons. The fraction of sp³-hybridized carbons (Fsp3) is 0.250. The molecule has 0 saturated heterocycles. The minimum absolute atomic E-state index is 0.0656. The maximum atomic E-state index is 12.2. The van der Waals surface area contributed by atoms with Gasteiger partial charge in [-0.1, -0.05) is 97.1 Å². The Kier molecular flexibility index (Phi) is 10.7. The summed E-state index contributed by atoms with van der Waals surface area (Å²) in [6, 6.07) is 37.4. The normalized spacial score (nSPS) is 12.2. The number of allylic oxidation sites excluding steroid dienone is 1. The molecule has 0 bridgehead atoms. The average molecular weight is 519 g/mol. The molecule has 39 heavy (non-hydrogen) atoms. The predicted molar refractivity (Wildman–Crippen MR) is 161 cm³/mol. The summed E-state index contributed by atoms with van der Waals surface area (Å²) < 4.78 is 11.9. The van der Waals surface area contributed by atoms with Gasteiger partial charge in [-0.15, -0.1) is 0 Å². The number of Topliss-reactive ketones (excluding diaryl/α,β-unsaturated/α-hetero) is 1.